The smallest absolute Gasteiger partial charge is 0.344 e. The maximum Gasteiger partial charge on any atom is 0.344 e. The highest BCUT2D eigenvalue weighted by atomic mass is 35.5. The third-order valence-corrected chi connectivity index (χ3v) is 3.52. The molecule has 1 atom stereocenters. The summed E-state index contributed by atoms with van der Waals surface area (Å²) in [6.07, 6.45) is -0.972. The standard InChI is InChI=1S/C16H13Cl2NO4/c1-9(16(21)22)23-12-5-2-10(3-6-12)15(20)19-14-8-11(17)4-7-13(14)18/h2-9H,1H3,(H,19,20)(H,21,22). The summed E-state index contributed by atoms with van der Waals surface area (Å²) in [6, 6.07) is 10.9. The summed E-state index contributed by atoms with van der Waals surface area (Å²) < 4.78 is 5.19. The van der Waals surface area contributed by atoms with E-state index in [0.717, 1.165) is 0 Å². The second-order valence-electron chi connectivity index (χ2n) is 4.70. The maximum atomic E-state index is 12.2. The number of carbonyl (C=O) groups is 2. The van der Waals surface area contributed by atoms with E-state index in [2.05, 4.69) is 5.32 Å². The molecule has 2 aromatic rings. The minimum atomic E-state index is -1.07. The molecule has 0 bridgehead atoms. The molecule has 0 aliphatic heterocycles. The van der Waals surface area contributed by atoms with Crippen molar-refractivity contribution < 1.29 is 19.4 Å². The predicted octanol–water partition coefficient (Wildman–Crippen LogP) is 4.10. The van der Waals surface area contributed by atoms with Gasteiger partial charge >= 0.3 is 5.97 Å². The molecule has 120 valence electrons. The molecule has 0 fully saturated rings. The van der Waals surface area contributed by atoms with Crippen LogP contribution in [0.1, 0.15) is 17.3 Å². The van der Waals surface area contributed by atoms with Crippen LogP contribution in [-0.4, -0.2) is 23.1 Å². The van der Waals surface area contributed by atoms with Crippen molar-refractivity contribution in [3.63, 3.8) is 0 Å². The number of halogens is 2. The van der Waals surface area contributed by atoms with Crippen LogP contribution in [0.15, 0.2) is 42.5 Å². The summed E-state index contributed by atoms with van der Waals surface area (Å²) in [5.74, 6) is -1.08. The molecule has 0 aromatic heterocycles. The lowest BCUT2D eigenvalue weighted by Crippen LogP contribution is -2.22. The number of amides is 1. The van der Waals surface area contributed by atoms with Crippen LogP contribution in [0.5, 0.6) is 5.75 Å². The van der Waals surface area contributed by atoms with Crippen LogP contribution in [-0.2, 0) is 4.79 Å². The van der Waals surface area contributed by atoms with Crippen molar-refractivity contribution in [2.75, 3.05) is 5.32 Å². The summed E-state index contributed by atoms with van der Waals surface area (Å²) >= 11 is 11.9. The van der Waals surface area contributed by atoms with E-state index in [-0.39, 0.29) is 5.91 Å². The van der Waals surface area contributed by atoms with Gasteiger partial charge in [-0.1, -0.05) is 23.2 Å². The fraction of sp³-hybridized carbons (Fsp3) is 0.125. The van der Waals surface area contributed by atoms with Crippen molar-refractivity contribution in [1.29, 1.82) is 0 Å². The molecule has 2 N–H and O–H groups in total. The first-order valence-electron chi connectivity index (χ1n) is 6.63. The van der Waals surface area contributed by atoms with E-state index >= 15 is 0 Å². The molecule has 1 unspecified atom stereocenters. The number of aliphatic carboxylic acids is 1. The van der Waals surface area contributed by atoms with Crippen molar-refractivity contribution in [3.05, 3.63) is 58.1 Å². The van der Waals surface area contributed by atoms with E-state index in [1.54, 1.807) is 18.2 Å². The predicted molar refractivity (Wildman–Crippen MR) is 88.6 cm³/mol. The first kappa shape index (κ1) is 17.1. The minimum absolute atomic E-state index is 0.359. The molecule has 0 aliphatic rings. The summed E-state index contributed by atoms with van der Waals surface area (Å²) in [5, 5.41) is 12.3. The monoisotopic (exact) mass is 353 g/mol. The normalized spacial score (nSPS) is 11.6. The van der Waals surface area contributed by atoms with Crippen LogP contribution in [0, 0.1) is 0 Å². The van der Waals surface area contributed by atoms with E-state index in [1.807, 2.05) is 0 Å². The Labute approximate surface area is 142 Å². The molecule has 0 heterocycles. The zero-order valence-corrected chi connectivity index (χ0v) is 13.6. The SMILES string of the molecule is CC(Oc1ccc(C(=O)Nc2cc(Cl)ccc2Cl)cc1)C(=O)O. The average Bonchev–Trinajstić information content (AvgIpc) is 2.51. The Bertz CT molecular complexity index is 731. The zero-order chi connectivity index (χ0) is 17.0. The topological polar surface area (TPSA) is 75.6 Å². The van der Waals surface area contributed by atoms with Gasteiger partial charge in [-0.05, 0) is 49.4 Å². The Hall–Kier alpha value is -2.24. The Morgan fingerprint density at radius 1 is 1.13 bits per heavy atom. The molecule has 5 nitrogen and oxygen atoms in total. The number of hydrogen-bond donors (Lipinski definition) is 2. The first-order chi connectivity index (χ1) is 10.9. The molecule has 2 rings (SSSR count). The zero-order valence-electron chi connectivity index (χ0n) is 12.0. The molecule has 7 heteroatoms. The third-order valence-electron chi connectivity index (χ3n) is 2.95. The Morgan fingerprint density at radius 3 is 2.39 bits per heavy atom. The average molecular weight is 354 g/mol. The van der Waals surface area contributed by atoms with Gasteiger partial charge < -0.3 is 15.2 Å². The van der Waals surface area contributed by atoms with Crippen LogP contribution in [0.2, 0.25) is 10.0 Å². The second kappa shape index (κ2) is 7.35. The van der Waals surface area contributed by atoms with Gasteiger partial charge in [-0.3, -0.25) is 4.79 Å². The lowest BCUT2D eigenvalue weighted by atomic mass is 10.2. The molecule has 0 spiro atoms. The number of hydrogen-bond acceptors (Lipinski definition) is 3. The van der Waals surface area contributed by atoms with Gasteiger partial charge in [0.2, 0.25) is 0 Å². The largest absolute Gasteiger partial charge is 0.479 e. The van der Waals surface area contributed by atoms with E-state index < -0.39 is 12.1 Å². The highest BCUT2D eigenvalue weighted by Gasteiger charge is 2.13. The maximum absolute atomic E-state index is 12.2. The quantitative estimate of drug-likeness (QED) is 0.848. The lowest BCUT2D eigenvalue weighted by Gasteiger charge is -2.11. The lowest BCUT2D eigenvalue weighted by molar-refractivity contribution is -0.144. The van der Waals surface area contributed by atoms with Crippen molar-refractivity contribution in [3.8, 4) is 5.75 Å². The Morgan fingerprint density at radius 2 is 1.78 bits per heavy atom. The van der Waals surface area contributed by atoms with Gasteiger partial charge in [0, 0.05) is 10.6 Å². The molecule has 2 aromatic carbocycles. The summed E-state index contributed by atoms with van der Waals surface area (Å²) in [7, 11) is 0. The molecule has 0 aliphatic carbocycles. The summed E-state index contributed by atoms with van der Waals surface area (Å²) in [4.78, 5) is 22.9. The minimum Gasteiger partial charge on any atom is -0.479 e. The van der Waals surface area contributed by atoms with E-state index in [1.165, 1.54) is 31.2 Å². The number of anilines is 1. The number of benzene rings is 2. The highest BCUT2D eigenvalue weighted by Crippen LogP contribution is 2.26. The van der Waals surface area contributed by atoms with Crippen molar-refractivity contribution in [2.24, 2.45) is 0 Å². The van der Waals surface area contributed by atoms with Gasteiger partial charge in [0.15, 0.2) is 6.10 Å². The number of ether oxygens (including phenoxy) is 1. The number of rotatable bonds is 5. The second-order valence-corrected chi connectivity index (χ2v) is 5.54. The number of carboxylic acid groups (broad SMARTS) is 1. The third kappa shape index (κ3) is 4.61. The highest BCUT2D eigenvalue weighted by molar-refractivity contribution is 6.35. The van der Waals surface area contributed by atoms with Crippen LogP contribution >= 0.6 is 23.2 Å². The molecular weight excluding hydrogens is 341 g/mol. The van der Waals surface area contributed by atoms with E-state index in [9.17, 15) is 9.59 Å². The Kier molecular flexibility index (Phi) is 5.47. The van der Waals surface area contributed by atoms with Crippen molar-refractivity contribution >= 4 is 40.8 Å². The van der Waals surface area contributed by atoms with Gasteiger partial charge in [-0.2, -0.15) is 0 Å². The van der Waals surface area contributed by atoms with Gasteiger partial charge in [-0.25, -0.2) is 4.79 Å². The van der Waals surface area contributed by atoms with E-state index in [0.29, 0.717) is 27.0 Å². The first-order valence-corrected chi connectivity index (χ1v) is 7.38. The van der Waals surface area contributed by atoms with Crippen LogP contribution in [0.25, 0.3) is 0 Å². The van der Waals surface area contributed by atoms with Crippen LogP contribution in [0.3, 0.4) is 0 Å². The van der Waals surface area contributed by atoms with Gasteiger partial charge in [0.05, 0.1) is 10.7 Å². The van der Waals surface area contributed by atoms with Gasteiger partial charge in [0.1, 0.15) is 5.75 Å². The Balaban J connectivity index is 2.08. The van der Waals surface area contributed by atoms with E-state index in [4.69, 9.17) is 33.0 Å². The summed E-state index contributed by atoms with van der Waals surface area (Å²) in [6.45, 7) is 1.42. The van der Waals surface area contributed by atoms with Crippen molar-refractivity contribution in [1.82, 2.24) is 0 Å². The molecule has 0 saturated heterocycles. The van der Waals surface area contributed by atoms with Gasteiger partial charge in [0.25, 0.3) is 5.91 Å². The number of carboxylic acids is 1. The molecule has 23 heavy (non-hydrogen) atoms. The summed E-state index contributed by atoms with van der Waals surface area (Å²) in [5.41, 5.74) is 0.778. The fourth-order valence-corrected chi connectivity index (χ4v) is 2.06. The molecule has 1 amide bonds. The number of carbonyl (C=O) groups excluding carboxylic acids is 1. The molecule has 0 radical (unpaired) electrons. The molecular formula is C16H13Cl2NO4. The fourth-order valence-electron chi connectivity index (χ4n) is 1.73. The van der Waals surface area contributed by atoms with Crippen molar-refractivity contribution in [2.45, 2.75) is 13.0 Å². The molecule has 0 saturated carbocycles. The van der Waals surface area contributed by atoms with Gasteiger partial charge in [-0.15, -0.1) is 0 Å². The van der Waals surface area contributed by atoms with Crippen LogP contribution < -0.4 is 10.1 Å². The number of nitrogens with one attached hydrogen (secondary N) is 1. The van der Waals surface area contributed by atoms with Crippen LogP contribution in [0.4, 0.5) is 5.69 Å².